The SMILES string of the molecule is CC(=O)c1ccccc1.O=[N+]([O-])[O-]. The van der Waals surface area contributed by atoms with Crippen LogP contribution in [0.2, 0.25) is 0 Å². The lowest BCUT2D eigenvalue weighted by Gasteiger charge is -1.89. The van der Waals surface area contributed by atoms with Gasteiger partial charge in [-0.2, -0.15) is 0 Å². The van der Waals surface area contributed by atoms with E-state index in [4.69, 9.17) is 15.3 Å². The number of hydrogen-bond donors (Lipinski definition) is 0. The van der Waals surface area contributed by atoms with Crippen molar-refractivity contribution in [1.82, 2.24) is 0 Å². The summed E-state index contributed by atoms with van der Waals surface area (Å²) in [7, 11) is 0. The maximum absolute atomic E-state index is 10.6. The second-order valence-electron chi connectivity index (χ2n) is 2.15. The summed E-state index contributed by atoms with van der Waals surface area (Å²) in [6, 6.07) is 9.23. The number of hydrogen-bond acceptors (Lipinski definition) is 4. The molecule has 5 heteroatoms. The number of Topliss-reactive ketones (excluding diaryl/α,β-unsaturated/α-hetero) is 1. The van der Waals surface area contributed by atoms with Crippen LogP contribution in [0.1, 0.15) is 17.3 Å². The van der Waals surface area contributed by atoms with E-state index in [0.29, 0.717) is 0 Å². The van der Waals surface area contributed by atoms with E-state index in [1.165, 1.54) is 0 Å². The Hall–Kier alpha value is -1.91. The van der Waals surface area contributed by atoms with E-state index in [9.17, 15) is 4.79 Å². The van der Waals surface area contributed by atoms with Gasteiger partial charge in [-0.1, -0.05) is 30.3 Å². The highest BCUT2D eigenvalue weighted by molar-refractivity contribution is 5.93. The summed E-state index contributed by atoms with van der Waals surface area (Å²) in [6.45, 7) is 1.56. The summed E-state index contributed by atoms with van der Waals surface area (Å²) in [5.41, 5.74) is 0.775. The van der Waals surface area contributed by atoms with Gasteiger partial charge in [-0.15, -0.1) is 0 Å². The third-order valence-electron chi connectivity index (χ3n) is 1.18. The van der Waals surface area contributed by atoms with Crippen molar-refractivity contribution in [3.63, 3.8) is 0 Å². The summed E-state index contributed by atoms with van der Waals surface area (Å²) >= 11 is 0. The monoisotopic (exact) mass is 182 g/mol. The van der Waals surface area contributed by atoms with Crippen molar-refractivity contribution in [2.24, 2.45) is 0 Å². The molecule has 13 heavy (non-hydrogen) atoms. The fraction of sp³-hybridized carbons (Fsp3) is 0.125. The molecule has 70 valence electrons. The van der Waals surface area contributed by atoms with E-state index in [2.05, 4.69) is 0 Å². The first-order valence-electron chi connectivity index (χ1n) is 3.41. The van der Waals surface area contributed by atoms with E-state index >= 15 is 0 Å². The van der Waals surface area contributed by atoms with E-state index in [1.54, 1.807) is 6.92 Å². The van der Waals surface area contributed by atoms with Gasteiger partial charge in [0.05, 0.1) is 5.09 Å². The first kappa shape index (κ1) is 11.1. The summed E-state index contributed by atoms with van der Waals surface area (Å²) in [5, 5.41) is 14.8. The molecule has 1 aromatic rings. The molecule has 0 bridgehead atoms. The van der Waals surface area contributed by atoms with Crippen molar-refractivity contribution < 1.29 is 9.88 Å². The molecule has 0 saturated carbocycles. The van der Waals surface area contributed by atoms with Crippen LogP contribution in [0.25, 0.3) is 0 Å². The largest absolute Gasteiger partial charge is 0.356 e. The van der Waals surface area contributed by atoms with Crippen LogP contribution in [0.4, 0.5) is 0 Å². The summed E-state index contributed by atoms with van der Waals surface area (Å²) in [4.78, 5) is 18.9. The predicted molar refractivity (Wildman–Crippen MR) is 46.8 cm³/mol. The topological polar surface area (TPSA) is 83.3 Å². The Morgan fingerprint density at radius 3 is 1.85 bits per heavy atom. The molecule has 0 aliphatic carbocycles. The van der Waals surface area contributed by atoms with Gasteiger partial charge in [-0.25, -0.2) is 0 Å². The number of benzene rings is 1. The lowest BCUT2D eigenvalue weighted by Crippen LogP contribution is -1.88. The normalized spacial score (nSPS) is 8.08. The molecule has 0 aliphatic rings. The zero-order chi connectivity index (χ0) is 10.3. The molecular weight excluding hydrogens is 174 g/mol. The van der Waals surface area contributed by atoms with Crippen molar-refractivity contribution in [2.45, 2.75) is 6.92 Å². The van der Waals surface area contributed by atoms with Gasteiger partial charge in [0.2, 0.25) is 0 Å². The zero-order valence-electron chi connectivity index (χ0n) is 6.97. The highest BCUT2D eigenvalue weighted by atomic mass is 16.9. The van der Waals surface area contributed by atoms with Crippen molar-refractivity contribution >= 4 is 5.78 Å². The fourth-order valence-corrected chi connectivity index (χ4v) is 0.673. The molecule has 1 aromatic carbocycles. The molecule has 0 N–H and O–H groups in total. The van der Waals surface area contributed by atoms with Crippen LogP contribution < -0.4 is 0 Å². The quantitative estimate of drug-likeness (QED) is 0.375. The first-order valence-corrected chi connectivity index (χ1v) is 3.41. The highest BCUT2D eigenvalue weighted by Crippen LogP contribution is 1.97. The van der Waals surface area contributed by atoms with Crippen LogP contribution in [0.15, 0.2) is 30.3 Å². The maximum Gasteiger partial charge on any atom is 0.159 e. The molecule has 0 heterocycles. The molecule has 0 fully saturated rings. The van der Waals surface area contributed by atoms with Crippen LogP contribution >= 0.6 is 0 Å². The van der Waals surface area contributed by atoms with Crippen LogP contribution in [0, 0.1) is 15.3 Å². The molecule has 0 aliphatic heterocycles. The van der Waals surface area contributed by atoms with Crippen LogP contribution in [-0.2, 0) is 0 Å². The Balaban J connectivity index is 0.000000310. The summed E-state index contributed by atoms with van der Waals surface area (Å²) in [5.74, 6) is 0.121. The number of carbonyl (C=O) groups is 1. The number of carbonyl (C=O) groups excluding carboxylic acids is 1. The van der Waals surface area contributed by atoms with Gasteiger partial charge >= 0.3 is 0 Å². The Labute approximate surface area is 74.7 Å². The maximum atomic E-state index is 10.6. The van der Waals surface area contributed by atoms with Gasteiger partial charge < -0.3 is 15.3 Å². The lowest BCUT2D eigenvalue weighted by atomic mass is 10.2. The van der Waals surface area contributed by atoms with Gasteiger partial charge in [0.1, 0.15) is 0 Å². The summed E-state index contributed by atoms with van der Waals surface area (Å²) in [6.07, 6.45) is 0. The van der Waals surface area contributed by atoms with Gasteiger partial charge in [0.15, 0.2) is 5.78 Å². The van der Waals surface area contributed by atoms with E-state index in [0.717, 1.165) is 5.56 Å². The lowest BCUT2D eigenvalue weighted by molar-refractivity contribution is -0.402. The molecule has 0 aromatic heterocycles. The smallest absolute Gasteiger partial charge is 0.159 e. The third kappa shape index (κ3) is 6.49. The molecule has 0 saturated heterocycles. The standard InChI is InChI=1S/C8H8O.NO3/c1-7(9)8-5-3-2-4-6-8;2-1(3)4/h2-6H,1H3;/q;-1. The van der Waals surface area contributed by atoms with Crippen LogP contribution in [0.5, 0.6) is 0 Å². The average Bonchev–Trinajstić information content (AvgIpc) is 2.05. The van der Waals surface area contributed by atoms with Crippen LogP contribution in [-0.4, -0.2) is 10.9 Å². The predicted octanol–water partition coefficient (Wildman–Crippen LogP) is 1.65. The van der Waals surface area contributed by atoms with Crippen molar-refractivity contribution in [1.29, 1.82) is 0 Å². The highest BCUT2D eigenvalue weighted by Gasteiger charge is 1.92. The minimum Gasteiger partial charge on any atom is -0.356 e. The molecule has 0 spiro atoms. The van der Waals surface area contributed by atoms with Gasteiger partial charge in [0.25, 0.3) is 0 Å². The number of rotatable bonds is 1. The van der Waals surface area contributed by atoms with Crippen LogP contribution in [0.3, 0.4) is 0 Å². The van der Waals surface area contributed by atoms with Crippen molar-refractivity contribution in [3.8, 4) is 0 Å². The number of nitrogens with zero attached hydrogens (tertiary/aromatic N) is 1. The van der Waals surface area contributed by atoms with Gasteiger partial charge in [-0.3, -0.25) is 4.79 Å². The fourth-order valence-electron chi connectivity index (χ4n) is 0.673. The minimum atomic E-state index is -1.75. The Morgan fingerprint density at radius 1 is 1.23 bits per heavy atom. The second kappa shape index (κ2) is 5.70. The number of ketones is 1. The molecule has 0 atom stereocenters. The van der Waals surface area contributed by atoms with E-state index in [-0.39, 0.29) is 5.78 Å². The molecular formula is C8H8NO4-. The Bertz CT molecular complexity index is 279. The molecule has 1 rings (SSSR count). The molecule has 0 unspecified atom stereocenters. The zero-order valence-corrected chi connectivity index (χ0v) is 6.97. The van der Waals surface area contributed by atoms with E-state index in [1.807, 2.05) is 30.3 Å². The van der Waals surface area contributed by atoms with Gasteiger partial charge in [0, 0.05) is 5.56 Å². The van der Waals surface area contributed by atoms with E-state index < -0.39 is 5.09 Å². The molecule has 5 nitrogen and oxygen atoms in total. The van der Waals surface area contributed by atoms with Gasteiger partial charge in [-0.05, 0) is 6.92 Å². The molecule has 0 amide bonds. The van der Waals surface area contributed by atoms with Crippen molar-refractivity contribution in [2.75, 3.05) is 0 Å². The summed E-state index contributed by atoms with van der Waals surface area (Å²) < 4.78 is 0. The third-order valence-corrected chi connectivity index (χ3v) is 1.18. The molecule has 0 radical (unpaired) electrons. The van der Waals surface area contributed by atoms with Crippen molar-refractivity contribution in [3.05, 3.63) is 51.2 Å². The Morgan fingerprint density at radius 2 is 1.62 bits per heavy atom. The minimum absolute atomic E-state index is 0.121. The average molecular weight is 182 g/mol. The Kier molecular flexibility index (Phi) is 4.87. The second-order valence-corrected chi connectivity index (χ2v) is 2.15. The first-order chi connectivity index (χ1) is 6.04.